The van der Waals surface area contributed by atoms with Gasteiger partial charge in [-0.25, -0.2) is 0 Å². The van der Waals surface area contributed by atoms with Crippen LogP contribution in [0.3, 0.4) is 0 Å². The van der Waals surface area contributed by atoms with Gasteiger partial charge in [0.1, 0.15) is 6.61 Å². The zero-order chi connectivity index (χ0) is 19.4. The number of aromatic nitrogens is 1. The molecule has 0 bridgehead atoms. The number of benzene rings is 1. The molecule has 28 heavy (non-hydrogen) atoms. The number of morpholine rings is 1. The first-order chi connectivity index (χ1) is 13.0. The Morgan fingerprint density at radius 2 is 2.11 bits per heavy atom. The number of pyridine rings is 1. The normalized spacial score (nSPS) is 19.1. The fourth-order valence-electron chi connectivity index (χ4n) is 3.25. The molecular formula is C20H25ClN4O3. The number of nitrogens with zero attached hydrogens (tertiary/aromatic N) is 2. The standard InChI is InChI=1S/C20H24N4O3.ClH/c1-13-5-3-4-6-16(13)18-19(27-12-17(25)24(18)2)20(26)23-11-15-9-14(10-21)7-8-22-15;/h3-9,18-19H,10-12,21H2,1-2H3,(H,23,26);1H/t18-,19+;/m1./s1. The monoisotopic (exact) mass is 404 g/mol. The number of hydrogen-bond donors (Lipinski definition) is 2. The molecule has 1 saturated heterocycles. The molecule has 1 fully saturated rings. The highest BCUT2D eigenvalue weighted by Crippen LogP contribution is 2.31. The van der Waals surface area contributed by atoms with Gasteiger partial charge in [-0.2, -0.15) is 0 Å². The molecule has 2 heterocycles. The van der Waals surface area contributed by atoms with Gasteiger partial charge in [0.25, 0.3) is 5.91 Å². The molecule has 1 aromatic heterocycles. The van der Waals surface area contributed by atoms with Crippen molar-refractivity contribution in [2.75, 3.05) is 13.7 Å². The smallest absolute Gasteiger partial charge is 0.252 e. The average molecular weight is 405 g/mol. The van der Waals surface area contributed by atoms with Crippen molar-refractivity contribution in [2.24, 2.45) is 5.73 Å². The summed E-state index contributed by atoms with van der Waals surface area (Å²) in [6.07, 6.45) is 0.884. The lowest BCUT2D eigenvalue weighted by Crippen LogP contribution is -2.53. The third-order valence-electron chi connectivity index (χ3n) is 4.81. The van der Waals surface area contributed by atoms with Crippen LogP contribution in [0.4, 0.5) is 0 Å². The van der Waals surface area contributed by atoms with Crippen LogP contribution in [0.5, 0.6) is 0 Å². The van der Waals surface area contributed by atoms with Gasteiger partial charge in [0.05, 0.1) is 18.3 Å². The third-order valence-corrected chi connectivity index (χ3v) is 4.81. The van der Waals surface area contributed by atoms with Gasteiger partial charge in [-0.05, 0) is 35.7 Å². The van der Waals surface area contributed by atoms with E-state index >= 15 is 0 Å². The number of amides is 2. The Hall–Kier alpha value is -2.48. The first kappa shape index (κ1) is 21.8. The van der Waals surface area contributed by atoms with Crippen molar-refractivity contribution in [1.82, 2.24) is 15.2 Å². The summed E-state index contributed by atoms with van der Waals surface area (Å²) in [4.78, 5) is 30.8. The van der Waals surface area contributed by atoms with Crippen LogP contribution in [0.15, 0.2) is 42.6 Å². The minimum atomic E-state index is -0.786. The van der Waals surface area contributed by atoms with Crippen molar-refractivity contribution in [3.05, 3.63) is 65.0 Å². The van der Waals surface area contributed by atoms with Crippen LogP contribution in [0.25, 0.3) is 0 Å². The van der Waals surface area contributed by atoms with Crippen molar-refractivity contribution in [1.29, 1.82) is 0 Å². The van der Waals surface area contributed by atoms with Gasteiger partial charge < -0.3 is 20.7 Å². The molecule has 3 rings (SSSR count). The minimum absolute atomic E-state index is 0. The van der Waals surface area contributed by atoms with Gasteiger partial charge in [0, 0.05) is 19.8 Å². The number of nitrogens with one attached hydrogen (secondary N) is 1. The Labute approximate surface area is 170 Å². The molecule has 1 aliphatic rings. The van der Waals surface area contributed by atoms with E-state index in [1.807, 2.05) is 43.3 Å². The maximum absolute atomic E-state index is 12.8. The summed E-state index contributed by atoms with van der Waals surface area (Å²) in [5.74, 6) is -0.424. The summed E-state index contributed by atoms with van der Waals surface area (Å²) >= 11 is 0. The fraction of sp³-hybridized carbons (Fsp3) is 0.350. The van der Waals surface area contributed by atoms with Crippen molar-refractivity contribution < 1.29 is 14.3 Å². The lowest BCUT2D eigenvalue weighted by Gasteiger charge is -2.38. The molecule has 0 spiro atoms. The SMILES string of the molecule is Cc1ccccc1[C@@H]1[C@@H](C(=O)NCc2cc(CN)ccn2)OCC(=O)N1C.Cl. The number of carbonyl (C=O) groups is 2. The van der Waals surface area contributed by atoms with Crippen LogP contribution in [0, 0.1) is 6.92 Å². The summed E-state index contributed by atoms with van der Waals surface area (Å²) < 4.78 is 5.63. The molecule has 0 unspecified atom stereocenters. The zero-order valence-corrected chi connectivity index (χ0v) is 16.7. The van der Waals surface area contributed by atoms with Crippen molar-refractivity contribution in [3.63, 3.8) is 0 Å². The highest BCUT2D eigenvalue weighted by atomic mass is 35.5. The molecule has 150 valence electrons. The lowest BCUT2D eigenvalue weighted by atomic mass is 9.94. The fourth-order valence-corrected chi connectivity index (χ4v) is 3.25. The van der Waals surface area contributed by atoms with E-state index in [9.17, 15) is 9.59 Å². The van der Waals surface area contributed by atoms with Crippen LogP contribution in [0.1, 0.15) is 28.4 Å². The van der Waals surface area contributed by atoms with Crippen molar-refractivity contribution >= 4 is 24.2 Å². The van der Waals surface area contributed by atoms with Gasteiger partial charge in [-0.3, -0.25) is 14.6 Å². The summed E-state index contributed by atoms with van der Waals surface area (Å²) in [5.41, 5.74) is 9.22. The van der Waals surface area contributed by atoms with E-state index in [4.69, 9.17) is 10.5 Å². The molecule has 2 aromatic rings. The van der Waals surface area contributed by atoms with Gasteiger partial charge in [-0.1, -0.05) is 24.3 Å². The van der Waals surface area contributed by atoms with E-state index in [-0.39, 0.29) is 37.4 Å². The molecule has 1 aliphatic heterocycles. The number of ether oxygens (including phenoxy) is 1. The predicted octanol–water partition coefficient (Wildman–Crippen LogP) is 1.49. The van der Waals surface area contributed by atoms with Gasteiger partial charge >= 0.3 is 0 Å². The molecule has 8 heteroatoms. The zero-order valence-electron chi connectivity index (χ0n) is 15.9. The van der Waals surface area contributed by atoms with E-state index in [0.717, 1.165) is 22.4 Å². The van der Waals surface area contributed by atoms with Gasteiger partial charge in [0.2, 0.25) is 5.91 Å². The topological polar surface area (TPSA) is 97.5 Å². The predicted molar refractivity (Wildman–Crippen MR) is 108 cm³/mol. The van der Waals surface area contributed by atoms with E-state index in [2.05, 4.69) is 10.3 Å². The van der Waals surface area contributed by atoms with Crippen molar-refractivity contribution in [3.8, 4) is 0 Å². The van der Waals surface area contributed by atoms with Crippen LogP contribution in [0.2, 0.25) is 0 Å². The summed E-state index contributed by atoms with van der Waals surface area (Å²) in [6.45, 7) is 2.53. The quantitative estimate of drug-likeness (QED) is 0.786. The Morgan fingerprint density at radius 1 is 1.36 bits per heavy atom. The average Bonchev–Trinajstić information content (AvgIpc) is 2.69. The molecular weight excluding hydrogens is 380 g/mol. The Balaban J connectivity index is 0.00000280. The Morgan fingerprint density at radius 3 is 2.82 bits per heavy atom. The second-order valence-electron chi connectivity index (χ2n) is 6.62. The van der Waals surface area contributed by atoms with Crippen LogP contribution in [-0.2, 0) is 27.4 Å². The van der Waals surface area contributed by atoms with E-state index in [1.165, 1.54) is 0 Å². The van der Waals surface area contributed by atoms with Gasteiger partial charge in [0.15, 0.2) is 6.10 Å². The summed E-state index contributed by atoms with van der Waals surface area (Å²) in [6, 6.07) is 10.9. The minimum Gasteiger partial charge on any atom is -0.356 e. The Kier molecular flexibility index (Phi) is 7.51. The highest BCUT2D eigenvalue weighted by Gasteiger charge is 2.40. The highest BCUT2D eigenvalue weighted by molar-refractivity contribution is 5.86. The second-order valence-corrected chi connectivity index (χ2v) is 6.62. The number of likely N-dealkylation sites (N-methyl/N-ethyl adjacent to an activating group) is 1. The number of nitrogens with two attached hydrogens (primary N) is 1. The third kappa shape index (κ3) is 4.67. The molecule has 2 amide bonds. The van der Waals surface area contributed by atoms with E-state index in [0.29, 0.717) is 6.54 Å². The van der Waals surface area contributed by atoms with E-state index in [1.54, 1.807) is 18.1 Å². The first-order valence-corrected chi connectivity index (χ1v) is 8.85. The largest absolute Gasteiger partial charge is 0.356 e. The number of carbonyl (C=O) groups excluding carboxylic acids is 2. The number of aryl methyl sites for hydroxylation is 1. The van der Waals surface area contributed by atoms with Gasteiger partial charge in [-0.15, -0.1) is 12.4 Å². The molecule has 0 saturated carbocycles. The second kappa shape index (κ2) is 9.64. The molecule has 7 nitrogen and oxygen atoms in total. The number of halogens is 1. The van der Waals surface area contributed by atoms with E-state index < -0.39 is 12.1 Å². The maximum atomic E-state index is 12.8. The van der Waals surface area contributed by atoms with Crippen LogP contribution < -0.4 is 11.1 Å². The number of rotatable bonds is 5. The number of hydrogen-bond acceptors (Lipinski definition) is 5. The Bertz CT molecular complexity index is 846. The maximum Gasteiger partial charge on any atom is 0.252 e. The molecule has 0 radical (unpaired) electrons. The molecule has 3 N–H and O–H groups in total. The van der Waals surface area contributed by atoms with Crippen LogP contribution in [-0.4, -0.2) is 41.5 Å². The molecule has 1 aromatic carbocycles. The molecule has 2 atom stereocenters. The summed E-state index contributed by atoms with van der Waals surface area (Å²) in [5, 5.41) is 2.87. The molecule has 0 aliphatic carbocycles. The van der Waals surface area contributed by atoms with Crippen LogP contribution >= 0.6 is 12.4 Å². The summed E-state index contributed by atoms with van der Waals surface area (Å²) in [7, 11) is 1.70. The van der Waals surface area contributed by atoms with Crippen molar-refractivity contribution in [2.45, 2.75) is 32.2 Å². The lowest BCUT2D eigenvalue weighted by molar-refractivity contribution is -0.162. The first-order valence-electron chi connectivity index (χ1n) is 8.85.